The fourth-order valence-corrected chi connectivity index (χ4v) is 2.13. The number of hydrogen-bond acceptors (Lipinski definition) is 5. The molecule has 2 aromatic carbocycles. The smallest absolute Gasteiger partial charge is 0.416 e. The van der Waals surface area contributed by atoms with Gasteiger partial charge in [-0.05, 0) is 69.6 Å². The first kappa shape index (κ1) is 21.6. The highest BCUT2D eigenvalue weighted by molar-refractivity contribution is 5.74. The second kappa shape index (κ2) is 9.45. The highest BCUT2D eigenvalue weighted by Crippen LogP contribution is 2.31. The van der Waals surface area contributed by atoms with E-state index in [0.29, 0.717) is 18.0 Å². The van der Waals surface area contributed by atoms with Crippen molar-refractivity contribution >= 4 is 5.97 Å². The number of benzene rings is 2. The average Bonchev–Trinajstić information content (AvgIpc) is 2.62. The molecule has 28 heavy (non-hydrogen) atoms. The molecule has 5 nitrogen and oxygen atoms in total. The van der Waals surface area contributed by atoms with Gasteiger partial charge in [-0.25, -0.2) is 4.79 Å². The molecule has 0 aliphatic carbocycles. The first-order chi connectivity index (χ1) is 13.1. The summed E-state index contributed by atoms with van der Waals surface area (Å²) in [6.45, 7) is 2.48. The van der Waals surface area contributed by atoms with Crippen LogP contribution >= 0.6 is 0 Å². The van der Waals surface area contributed by atoms with E-state index in [9.17, 15) is 18.0 Å². The van der Waals surface area contributed by atoms with E-state index in [1.807, 2.05) is 19.0 Å². The fraction of sp³-hybridized carbons (Fsp3) is 0.350. The summed E-state index contributed by atoms with van der Waals surface area (Å²) in [5.41, 5.74) is -0.741. The topological polar surface area (TPSA) is 48.0 Å². The first-order valence-corrected chi connectivity index (χ1v) is 8.58. The molecule has 0 fully saturated rings. The lowest BCUT2D eigenvalue weighted by atomic mass is 10.2. The Morgan fingerprint density at radius 2 is 1.46 bits per heavy atom. The first-order valence-electron chi connectivity index (χ1n) is 8.58. The van der Waals surface area contributed by atoms with Gasteiger partial charge >= 0.3 is 12.1 Å². The van der Waals surface area contributed by atoms with E-state index in [2.05, 4.69) is 0 Å². The van der Waals surface area contributed by atoms with Gasteiger partial charge in [-0.2, -0.15) is 13.2 Å². The number of carbonyl (C=O) groups excluding carboxylic acids is 1. The molecular formula is C20H22F3NO4. The van der Waals surface area contributed by atoms with Crippen LogP contribution < -0.4 is 9.47 Å². The molecule has 0 aliphatic heterocycles. The van der Waals surface area contributed by atoms with Gasteiger partial charge in [0.25, 0.3) is 0 Å². The van der Waals surface area contributed by atoms with Gasteiger partial charge < -0.3 is 19.1 Å². The molecular weight excluding hydrogens is 375 g/mol. The number of alkyl halides is 3. The monoisotopic (exact) mass is 397 g/mol. The number of hydrogen-bond donors (Lipinski definition) is 0. The molecule has 1 atom stereocenters. The maximum atomic E-state index is 12.6. The Balaban J connectivity index is 1.88. The summed E-state index contributed by atoms with van der Waals surface area (Å²) in [6.07, 6.45) is -5.16. The van der Waals surface area contributed by atoms with Crippen LogP contribution in [0.25, 0.3) is 0 Å². The number of nitrogens with zero attached hydrogens (tertiary/aromatic N) is 1. The Kier molecular flexibility index (Phi) is 7.28. The molecule has 0 aromatic heterocycles. The van der Waals surface area contributed by atoms with Crippen LogP contribution in [0.5, 0.6) is 17.2 Å². The molecule has 2 aromatic rings. The van der Waals surface area contributed by atoms with Crippen molar-refractivity contribution in [2.45, 2.75) is 19.2 Å². The third kappa shape index (κ3) is 6.77. The number of likely N-dealkylation sites (N-methyl/N-ethyl adjacent to an activating group) is 1. The Bertz CT molecular complexity index is 759. The summed E-state index contributed by atoms with van der Waals surface area (Å²) in [5.74, 6) is 0.677. The highest BCUT2D eigenvalue weighted by Gasteiger charge is 2.30. The van der Waals surface area contributed by atoms with Crippen LogP contribution in [0, 0.1) is 0 Å². The van der Waals surface area contributed by atoms with Gasteiger partial charge in [0.1, 0.15) is 23.9 Å². The molecule has 0 saturated carbocycles. The van der Waals surface area contributed by atoms with Gasteiger partial charge in [0, 0.05) is 6.54 Å². The summed E-state index contributed by atoms with van der Waals surface area (Å²) in [6, 6.07) is 10.8. The van der Waals surface area contributed by atoms with Gasteiger partial charge in [0.15, 0.2) is 6.10 Å². The van der Waals surface area contributed by atoms with Crippen molar-refractivity contribution in [1.29, 1.82) is 0 Å². The number of carbonyl (C=O) groups is 1. The number of ether oxygens (including phenoxy) is 3. The lowest BCUT2D eigenvalue weighted by Gasteiger charge is -2.15. The Labute approximate surface area is 161 Å². The third-order valence-electron chi connectivity index (χ3n) is 3.67. The average molecular weight is 397 g/mol. The summed E-state index contributed by atoms with van der Waals surface area (Å²) >= 11 is 0. The largest absolute Gasteiger partial charge is 0.479 e. The number of rotatable bonds is 8. The van der Waals surface area contributed by atoms with Gasteiger partial charge in [-0.1, -0.05) is 0 Å². The second-order valence-electron chi connectivity index (χ2n) is 6.33. The standard InChI is InChI=1S/C20H22F3NO4/c1-14(19(25)26-13-12-24(2)3)27-16-8-10-18(11-9-16)28-17-6-4-15(5-7-17)20(21,22)23/h4-11,14H,12-13H2,1-3H3. The highest BCUT2D eigenvalue weighted by atomic mass is 19.4. The van der Waals surface area contributed by atoms with Crippen molar-refractivity contribution in [2.75, 3.05) is 27.2 Å². The molecule has 0 radical (unpaired) electrons. The van der Waals surface area contributed by atoms with E-state index in [1.165, 1.54) is 12.1 Å². The van der Waals surface area contributed by atoms with Crippen LogP contribution in [0.1, 0.15) is 12.5 Å². The minimum absolute atomic E-state index is 0.277. The molecule has 0 spiro atoms. The van der Waals surface area contributed by atoms with Crippen molar-refractivity contribution in [2.24, 2.45) is 0 Å². The molecule has 0 aliphatic rings. The van der Waals surface area contributed by atoms with Gasteiger partial charge in [-0.15, -0.1) is 0 Å². The van der Waals surface area contributed by atoms with Crippen molar-refractivity contribution in [3.63, 3.8) is 0 Å². The van der Waals surface area contributed by atoms with Gasteiger partial charge in [-0.3, -0.25) is 0 Å². The predicted molar refractivity (Wildman–Crippen MR) is 97.6 cm³/mol. The molecule has 152 valence electrons. The second-order valence-corrected chi connectivity index (χ2v) is 6.33. The van der Waals surface area contributed by atoms with Gasteiger partial charge in [0.2, 0.25) is 0 Å². The zero-order valence-electron chi connectivity index (χ0n) is 15.8. The van der Waals surface area contributed by atoms with E-state index in [1.54, 1.807) is 31.2 Å². The lowest BCUT2D eigenvalue weighted by molar-refractivity contribution is -0.151. The van der Waals surface area contributed by atoms with Crippen molar-refractivity contribution in [3.8, 4) is 17.2 Å². The van der Waals surface area contributed by atoms with Crippen molar-refractivity contribution in [3.05, 3.63) is 54.1 Å². The molecule has 8 heteroatoms. The SMILES string of the molecule is CC(Oc1ccc(Oc2ccc(C(F)(F)F)cc2)cc1)C(=O)OCCN(C)C. The summed E-state index contributed by atoms with van der Waals surface area (Å²) < 4.78 is 53.8. The minimum Gasteiger partial charge on any atom is -0.479 e. The normalized spacial score (nSPS) is 12.5. The third-order valence-corrected chi connectivity index (χ3v) is 3.67. The fourth-order valence-electron chi connectivity index (χ4n) is 2.13. The molecule has 0 N–H and O–H groups in total. The van der Waals surface area contributed by atoms with Crippen molar-refractivity contribution in [1.82, 2.24) is 4.90 Å². The Hall–Kier alpha value is -2.74. The Morgan fingerprint density at radius 1 is 0.964 bits per heavy atom. The van der Waals surface area contributed by atoms with Crippen molar-refractivity contribution < 1.29 is 32.2 Å². The summed E-state index contributed by atoms with van der Waals surface area (Å²) in [4.78, 5) is 13.8. The summed E-state index contributed by atoms with van der Waals surface area (Å²) in [5, 5.41) is 0. The zero-order valence-corrected chi connectivity index (χ0v) is 15.8. The quantitative estimate of drug-likeness (QED) is 0.619. The van der Waals surface area contributed by atoms with E-state index >= 15 is 0 Å². The maximum absolute atomic E-state index is 12.6. The van der Waals surface area contributed by atoms with E-state index in [-0.39, 0.29) is 12.4 Å². The number of esters is 1. The van der Waals surface area contributed by atoms with Crippen LogP contribution in [0.15, 0.2) is 48.5 Å². The van der Waals surface area contributed by atoms with Crippen LogP contribution in [0.3, 0.4) is 0 Å². The van der Waals surface area contributed by atoms with Crippen LogP contribution in [0.4, 0.5) is 13.2 Å². The van der Waals surface area contributed by atoms with Crippen LogP contribution in [-0.4, -0.2) is 44.2 Å². The minimum atomic E-state index is -4.39. The number of halogens is 3. The Morgan fingerprint density at radius 3 is 1.96 bits per heavy atom. The molecule has 0 saturated heterocycles. The maximum Gasteiger partial charge on any atom is 0.416 e. The summed E-state index contributed by atoms with van der Waals surface area (Å²) in [7, 11) is 3.75. The predicted octanol–water partition coefficient (Wildman–Crippen LogP) is 4.37. The molecule has 2 rings (SSSR count). The van der Waals surface area contributed by atoms with E-state index < -0.39 is 23.8 Å². The zero-order chi connectivity index (χ0) is 20.7. The van der Waals surface area contributed by atoms with E-state index in [0.717, 1.165) is 12.1 Å². The van der Waals surface area contributed by atoms with Gasteiger partial charge in [0.05, 0.1) is 5.56 Å². The molecule has 0 amide bonds. The van der Waals surface area contributed by atoms with Crippen LogP contribution in [0.2, 0.25) is 0 Å². The molecule has 1 unspecified atom stereocenters. The van der Waals surface area contributed by atoms with Crippen LogP contribution in [-0.2, 0) is 15.7 Å². The lowest BCUT2D eigenvalue weighted by Crippen LogP contribution is -2.29. The van der Waals surface area contributed by atoms with E-state index in [4.69, 9.17) is 14.2 Å². The molecule has 0 heterocycles. The molecule has 0 bridgehead atoms.